The molecule has 6 heteroatoms. The zero-order chi connectivity index (χ0) is 14.0. The van der Waals surface area contributed by atoms with Gasteiger partial charge in [-0.3, -0.25) is 0 Å². The quantitative estimate of drug-likeness (QED) is 0.929. The molecule has 1 atom stereocenters. The lowest BCUT2D eigenvalue weighted by Crippen LogP contribution is -2.41. The monoisotopic (exact) mass is 303 g/mol. The molecule has 1 aliphatic heterocycles. The molecule has 19 heavy (non-hydrogen) atoms. The van der Waals surface area contributed by atoms with E-state index in [4.69, 9.17) is 11.6 Å². The highest BCUT2D eigenvalue weighted by Gasteiger charge is 2.31. The number of piperidine rings is 1. The second kappa shape index (κ2) is 5.79. The van der Waals surface area contributed by atoms with Gasteiger partial charge in [-0.05, 0) is 43.4 Å². The molecule has 1 aliphatic rings. The van der Waals surface area contributed by atoms with Gasteiger partial charge < -0.3 is 5.11 Å². The van der Waals surface area contributed by atoms with Crippen LogP contribution in [0.1, 0.15) is 18.4 Å². The molecule has 0 aliphatic carbocycles. The van der Waals surface area contributed by atoms with Crippen molar-refractivity contribution in [3.8, 4) is 0 Å². The second-order valence-corrected chi connectivity index (χ2v) is 7.23. The number of aliphatic hydroxyl groups is 1. The molecule has 1 N–H and O–H groups in total. The van der Waals surface area contributed by atoms with Gasteiger partial charge in [0.1, 0.15) is 0 Å². The van der Waals surface area contributed by atoms with E-state index >= 15 is 0 Å². The molecule has 1 aromatic rings. The number of hydrogen-bond donors (Lipinski definition) is 1. The smallest absolute Gasteiger partial charge is 0.243 e. The van der Waals surface area contributed by atoms with Crippen molar-refractivity contribution in [2.45, 2.75) is 24.7 Å². The lowest BCUT2D eigenvalue weighted by atomic mass is 10.0. The summed E-state index contributed by atoms with van der Waals surface area (Å²) >= 11 is 5.99. The Bertz CT molecular complexity index is 559. The summed E-state index contributed by atoms with van der Waals surface area (Å²) in [6, 6.07) is 4.91. The molecule has 0 radical (unpaired) electrons. The van der Waals surface area contributed by atoms with Crippen LogP contribution < -0.4 is 0 Å². The first-order valence-corrected chi connectivity index (χ1v) is 8.14. The van der Waals surface area contributed by atoms with Crippen LogP contribution in [0.2, 0.25) is 5.02 Å². The SMILES string of the molecule is Cc1c(Cl)cccc1S(=O)(=O)N1CCCC(CO)C1. The fourth-order valence-corrected chi connectivity index (χ4v) is 4.43. The van der Waals surface area contributed by atoms with Gasteiger partial charge >= 0.3 is 0 Å². The lowest BCUT2D eigenvalue weighted by Gasteiger charge is -2.31. The number of sulfonamides is 1. The summed E-state index contributed by atoms with van der Waals surface area (Å²) in [5.74, 6) is 0.0306. The fraction of sp³-hybridized carbons (Fsp3) is 0.538. The average Bonchev–Trinajstić information content (AvgIpc) is 2.41. The molecule has 1 unspecified atom stereocenters. The van der Waals surface area contributed by atoms with E-state index in [1.807, 2.05) is 0 Å². The van der Waals surface area contributed by atoms with Crippen LogP contribution in [-0.4, -0.2) is 37.5 Å². The summed E-state index contributed by atoms with van der Waals surface area (Å²) in [5, 5.41) is 9.66. The summed E-state index contributed by atoms with van der Waals surface area (Å²) in [6.45, 7) is 2.62. The molecule has 0 bridgehead atoms. The van der Waals surface area contributed by atoms with Gasteiger partial charge in [-0.1, -0.05) is 17.7 Å². The maximum absolute atomic E-state index is 12.6. The van der Waals surface area contributed by atoms with E-state index in [0.717, 1.165) is 12.8 Å². The molecule has 1 aromatic carbocycles. The molecule has 1 fully saturated rings. The molecule has 106 valence electrons. The van der Waals surface area contributed by atoms with Gasteiger partial charge in [0.05, 0.1) is 4.90 Å². The average molecular weight is 304 g/mol. The number of hydrogen-bond acceptors (Lipinski definition) is 3. The Balaban J connectivity index is 2.34. The van der Waals surface area contributed by atoms with Crippen LogP contribution >= 0.6 is 11.6 Å². The van der Waals surface area contributed by atoms with Crippen LogP contribution in [0, 0.1) is 12.8 Å². The van der Waals surface area contributed by atoms with Crippen molar-refractivity contribution in [3.63, 3.8) is 0 Å². The Morgan fingerprint density at radius 1 is 1.47 bits per heavy atom. The van der Waals surface area contributed by atoms with Gasteiger partial charge in [-0.2, -0.15) is 4.31 Å². The van der Waals surface area contributed by atoms with Gasteiger partial charge in [0, 0.05) is 24.7 Å². The first-order valence-electron chi connectivity index (χ1n) is 6.33. The first-order chi connectivity index (χ1) is 8.96. The molecule has 4 nitrogen and oxygen atoms in total. The number of halogens is 1. The van der Waals surface area contributed by atoms with Crippen LogP contribution in [0.5, 0.6) is 0 Å². The van der Waals surface area contributed by atoms with E-state index in [9.17, 15) is 13.5 Å². The van der Waals surface area contributed by atoms with Crippen molar-refractivity contribution < 1.29 is 13.5 Å². The number of nitrogens with zero attached hydrogens (tertiary/aromatic N) is 1. The van der Waals surface area contributed by atoms with Crippen molar-refractivity contribution in [1.82, 2.24) is 4.31 Å². The van der Waals surface area contributed by atoms with E-state index in [2.05, 4.69) is 0 Å². The molecule has 1 heterocycles. The third-order valence-corrected chi connectivity index (χ3v) is 5.99. The van der Waals surface area contributed by atoms with Gasteiger partial charge in [0.15, 0.2) is 0 Å². The summed E-state index contributed by atoms with van der Waals surface area (Å²) in [5.41, 5.74) is 0.579. The van der Waals surface area contributed by atoms with Crippen molar-refractivity contribution in [2.75, 3.05) is 19.7 Å². The number of rotatable bonds is 3. The predicted molar refractivity (Wildman–Crippen MR) is 74.8 cm³/mol. The van der Waals surface area contributed by atoms with Gasteiger partial charge in [-0.25, -0.2) is 8.42 Å². The third kappa shape index (κ3) is 2.94. The summed E-state index contributed by atoms with van der Waals surface area (Å²) in [7, 11) is -3.52. The Morgan fingerprint density at radius 3 is 2.89 bits per heavy atom. The molecule has 1 saturated heterocycles. The van der Waals surface area contributed by atoms with Gasteiger partial charge in [0.25, 0.3) is 0 Å². The highest BCUT2D eigenvalue weighted by atomic mass is 35.5. The Morgan fingerprint density at radius 2 is 2.21 bits per heavy atom. The van der Waals surface area contributed by atoms with Crippen LogP contribution in [-0.2, 0) is 10.0 Å². The Hall–Kier alpha value is -0.620. The molecular weight excluding hydrogens is 286 g/mol. The normalized spacial score (nSPS) is 21.5. The van der Waals surface area contributed by atoms with Crippen molar-refractivity contribution in [1.29, 1.82) is 0 Å². The maximum Gasteiger partial charge on any atom is 0.243 e. The number of benzene rings is 1. The van der Waals surface area contributed by atoms with Gasteiger partial charge in [-0.15, -0.1) is 0 Å². The van der Waals surface area contributed by atoms with E-state index in [-0.39, 0.29) is 17.4 Å². The molecule has 0 spiro atoms. The maximum atomic E-state index is 12.6. The van der Waals surface area contributed by atoms with Crippen molar-refractivity contribution in [2.24, 2.45) is 5.92 Å². The lowest BCUT2D eigenvalue weighted by molar-refractivity contribution is 0.165. The van der Waals surface area contributed by atoms with E-state index in [1.165, 1.54) is 4.31 Å². The minimum Gasteiger partial charge on any atom is -0.396 e. The molecule has 0 saturated carbocycles. The van der Waals surface area contributed by atoms with Crippen LogP contribution in [0.3, 0.4) is 0 Å². The fourth-order valence-electron chi connectivity index (χ4n) is 2.40. The summed E-state index contributed by atoms with van der Waals surface area (Å²) in [6.07, 6.45) is 1.65. The second-order valence-electron chi connectivity index (χ2n) is 4.92. The molecule has 0 amide bonds. The Kier molecular flexibility index (Phi) is 4.50. The van der Waals surface area contributed by atoms with E-state index in [1.54, 1.807) is 25.1 Å². The summed E-state index contributed by atoms with van der Waals surface area (Å²) in [4.78, 5) is 0.263. The van der Waals surface area contributed by atoms with E-state index in [0.29, 0.717) is 23.7 Å². The molecular formula is C13H18ClNO3S. The zero-order valence-electron chi connectivity index (χ0n) is 10.8. The van der Waals surface area contributed by atoms with Crippen LogP contribution in [0.25, 0.3) is 0 Å². The minimum absolute atomic E-state index is 0.0283. The van der Waals surface area contributed by atoms with Crippen molar-refractivity contribution in [3.05, 3.63) is 28.8 Å². The van der Waals surface area contributed by atoms with Crippen LogP contribution in [0.15, 0.2) is 23.1 Å². The largest absolute Gasteiger partial charge is 0.396 e. The zero-order valence-corrected chi connectivity index (χ0v) is 12.4. The standard InChI is InChI=1S/C13H18ClNO3S/c1-10-12(14)5-2-6-13(10)19(17,18)15-7-3-4-11(8-15)9-16/h2,5-6,11,16H,3-4,7-9H2,1H3. The van der Waals surface area contributed by atoms with Gasteiger partial charge in [0.2, 0.25) is 10.0 Å². The highest BCUT2D eigenvalue weighted by Crippen LogP contribution is 2.28. The topological polar surface area (TPSA) is 57.6 Å². The summed E-state index contributed by atoms with van der Waals surface area (Å²) < 4.78 is 26.7. The Labute approximate surface area is 119 Å². The highest BCUT2D eigenvalue weighted by molar-refractivity contribution is 7.89. The molecule has 2 rings (SSSR count). The first kappa shape index (κ1) is 14.8. The minimum atomic E-state index is -3.52. The van der Waals surface area contributed by atoms with E-state index < -0.39 is 10.0 Å². The third-order valence-electron chi connectivity index (χ3n) is 3.58. The molecule has 0 aromatic heterocycles. The van der Waals surface area contributed by atoms with Crippen molar-refractivity contribution >= 4 is 21.6 Å². The predicted octanol–water partition coefficient (Wildman–Crippen LogP) is 2.04. The van der Waals surface area contributed by atoms with Crippen LogP contribution in [0.4, 0.5) is 0 Å². The number of aliphatic hydroxyl groups excluding tert-OH is 1.